The molecule has 2 N–H and O–H groups in total. The second-order valence-electron chi connectivity index (χ2n) is 4.22. The second-order valence-corrected chi connectivity index (χ2v) is 4.65. The van der Waals surface area contributed by atoms with Crippen LogP contribution in [0.25, 0.3) is 0 Å². The first-order chi connectivity index (χ1) is 7.25. The molecule has 0 spiro atoms. The quantitative estimate of drug-likeness (QED) is 0.783. The highest BCUT2D eigenvalue weighted by Crippen LogP contribution is 2.18. The van der Waals surface area contributed by atoms with E-state index in [1.165, 1.54) is 24.8 Å². The molecule has 1 unspecified atom stereocenters. The molecule has 1 atom stereocenters. The molecule has 0 radical (unpaired) electrons. The highest BCUT2D eigenvalue weighted by Gasteiger charge is 2.19. The van der Waals surface area contributed by atoms with Crippen LogP contribution in [-0.4, -0.2) is 17.6 Å². The van der Waals surface area contributed by atoms with Gasteiger partial charge in [-0.2, -0.15) is 0 Å². The third kappa shape index (κ3) is 2.94. The van der Waals surface area contributed by atoms with E-state index in [9.17, 15) is 0 Å². The van der Waals surface area contributed by atoms with Crippen LogP contribution in [-0.2, 0) is 6.42 Å². The minimum atomic E-state index is 0.500. The van der Waals surface area contributed by atoms with E-state index < -0.39 is 0 Å². The number of benzene rings is 1. The van der Waals surface area contributed by atoms with Crippen molar-refractivity contribution in [3.63, 3.8) is 0 Å². The monoisotopic (exact) mass is 224 g/mol. The van der Waals surface area contributed by atoms with E-state index in [0.717, 1.165) is 18.0 Å². The van der Waals surface area contributed by atoms with E-state index in [4.69, 9.17) is 17.4 Å². The largest absolute Gasteiger partial charge is 0.269 e. The van der Waals surface area contributed by atoms with Crippen molar-refractivity contribution in [2.24, 2.45) is 5.84 Å². The maximum absolute atomic E-state index is 5.96. The van der Waals surface area contributed by atoms with E-state index >= 15 is 0 Å². The van der Waals surface area contributed by atoms with Crippen molar-refractivity contribution in [1.82, 2.24) is 5.01 Å². The van der Waals surface area contributed by atoms with Gasteiger partial charge < -0.3 is 0 Å². The second kappa shape index (κ2) is 4.97. The van der Waals surface area contributed by atoms with Crippen molar-refractivity contribution in [1.29, 1.82) is 0 Å². The minimum absolute atomic E-state index is 0.500. The van der Waals surface area contributed by atoms with Gasteiger partial charge in [0.15, 0.2) is 0 Å². The van der Waals surface area contributed by atoms with Gasteiger partial charge >= 0.3 is 0 Å². The summed E-state index contributed by atoms with van der Waals surface area (Å²) in [6, 6.07) is 8.57. The highest BCUT2D eigenvalue weighted by atomic mass is 35.5. The first-order valence-corrected chi connectivity index (χ1v) is 5.89. The average molecular weight is 225 g/mol. The standard InChI is InChI=1S/C12H17ClN2/c13-11-6-4-10(5-7-11)9-12-3-1-2-8-15(12)14/h4-7,12H,1-3,8-9,14H2. The zero-order valence-electron chi connectivity index (χ0n) is 8.82. The van der Waals surface area contributed by atoms with Crippen LogP contribution >= 0.6 is 11.6 Å². The number of rotatable bonds is 2. The van der Waals surface area contributed by atoms with E-state index in [0.29, 0.717) is 6.04 Å². The zero-order chi connectivity index (χ0) is 10.7. The molecule has 0 saturated carbocycles. The van der Waals surface area contributed by atoms with Gasteiger partial charge in [-0.1, -0.05) is 30.2 Å². The lowest BCUT2D eigenvalue weighted by atomic mass is 9.97. The fourth-order valence-corrected chi connectivity index (χ4v) is 2.26. The number of nitrogens with zero attached hydrogens (tertiary/aromatic N) is 1. The van der Waals surface area contributed by atoms with Gasteiger partial charge in [-0.3, -0.25) is 5.84 Å². The Hall–Kier alpha value is -0.570. The number of nitrogens with two attached hydrogens (primary N) is 1. The van der Waals surface area contributed by atoms with Crippen molar-refractivity contribution < 1.29 is 0 Å². The number of hydrazine groups is 1. The molecule has 3 heteroatoms. The lowest BCUT2D eigenvalue weighted by Gasteiger charge is -2.31. The van der Waals surface area contributed by atoms with E-state index in [2.05, 4.69) is 12.1 Å². The average Bonchev–Trinajstić information content (AvgIpc) is 2.25. The Morgan fingerprint density at radius 2 is 2.00 bits per heavy atom. The third-order valence-corrected chi connectivity index (χ3v) is 3.31. The SMILES string of the molecule is NN1CCCCC1Cc1ccc(Cl)cc1. The van der Waals surface area contributed by atoms with Crippen molar-refractivity contribution in [2.75, 3.05) is 6.54 Å². The Morgan fingerprint density at radius 3 is 2.67 bits per heavy atom. The summed E-state index contributed by atoms with van der Waals surface area (Å²) in [5, 5.41) is 2.78. The van der Waals surface area contributed by atoms with Crippen LogP contribution in [0.15, 0.2) is 24.3 Å². The predicted octanol–water partition coefficient (Wildman–Crippen LogP) is 2.61. The lowest BCUT2D eigenvalue weighted by molar-refractivity contribution is 0.150. The Bertz CT molecular complexity index is 310. The maximum Gasteiger partial charge on any atom is 0.0406 e. The van der Waals surface area contributed by atoms with Crippen molar-refractivity contribution in [3.8, 4) is 0 Å². The Morgan fingerprint density at radius 1 is 1.27 bits per heavy atom. The Kier molecular flexibility index (Phi) is 3.62. The summed E-state index contributed by atoms with van der Waals surface area (Å²) < 4.78 is 0. The molecule has 1 aliphatic rings. The molecule has 1 aliphatic heterocycles. The molecule has 1 saturated heterocycles. The molecular formula is C12H17ClN2. The van der Waals surface area contributed by atoms with Crippen LogP contribution < -0.4 is 5.84 Å². The molecule has 82 valence electrons. The van der Waals surface area contributed by atoms with Crippen LogP contribution in [0.5, 0.6) is 0 Å². The summed E-state index contributed by atoms with van der Waals surface area (Å²) in [7, 11) is 0. The fraction of sp³-hybridized carbons (Fsp3) is 0.500. The Balaban J connectivity index is 1.98. The number of hydrogen-bond acceptors (Lipinski definition) is 2. The predicted molar refractivity (Wildman–Crippen MR) is 63.7 cm³/mol. The molecule has 0 aliphatic carbocycles. The van der Waals surface area contributed by atoms with Crippen LogP contribution in [0.3, 0.4) is 0 Å². The van der Waals surface area contributed by atoms with Crippen molar-refractivity contribution in [2.45, 2.75) is 31.7 Å². The topological polar surface area (TPSA) is 29.3 Å². The lowest BCUT2D eigenvalue weighted by Crippen LogP contribution is -2.45. The van der Waals surface area contributed by atoms with E-state index in [-0.39, 0.29) is 0 Å². The smallest absolute Gasteiger partial charge is 0.0406 e. The van der Waals surface area contributed by atoms with Gasteiger partial charge in [0.2, 0.25) is 0 Å². The van der Waals surface area contributed by atoms with Crippen LogP contribution in [0.4, 0.5) is 0 Å². The van der Waals surface area contributed by atoms with Crippen molar-refractivity contribution in [3.05, 3.63) is 34.9 Å². The summed E-state index contributed by atoms with van der Waals surface area (Å²) in [5.41, 5.74) is 1.32. The maximum atomic E-state index is 5.96. The molecule has 2 rings (SSSR count). The molecule has 1 fully saturated rings. The van der Waals surface area contributed by atoms with Gasteiger partial charge in [0.1, 0.15) is 0 Å². The third-order valence-electron chi connectivity index (χ3n) is 3.06. The number of hydrogen-bond donors (Lipinski definition) is 1. The zero-order valence-corrected chi connectivity index (χ0v) is 9.58. The molecule has 15 heavy (non-hydrogen) atoms. The number of halogens is 1. The fourth-order valence-electron chi connectivity index (χ4n) is 2.13. The van der Waals surface area contributed by atoms with Gasteiger partial charge in [0.05, 0.1) is 0 Å². The molecule has 2 nitrogen and oxygen atoms in total. The summed E-state index contributed by atoms with van der Waals surface area (Å²) in [6.07, 6.45) is 4.77. The van der Waals surface area contributed by atoms with Gasteiger partial charge in [0.25, 0.3) is 0 Å². The molecule has 0 aromatic heterocycles. The van der Waals surface area contributed by atoms with Gasteiger partial charge in [-0.15, -0.1) is 0 Å². The van der Waals surface area contributed by atoms with E-state index in [1.54, 1.807) is 0 Å². The minimum Gasteiger partial charge on any atom is -0.269 e. The molecule has 0 amide bonds. The van der Waals surface area contributed by atoms with Crippen LogP contribution in [0.1, 0.15) is 24.8 Å². The summed E-state index contributed by atoms with van der Waals surface area (Å²) in [5.74, 6) is 5.96. The first kappa shape index (κ1) is 10.9. The normalized spacial score (nSPS) is 22.9. The van der Waals surface area contributed by atoms with Gasteiger partial charge in [0, 0.05) is 17.6 Å². The molecule has 1 aromatic carbocycles. The molecule has 1 heterocycles. The molecule has 0 bridgehead atoms. The molecule has 1 aromatic rings. The summed E-state index contributed by atoms with van der Waals surface area (Å²) >= 11 is 5.85. The summed E-state index contributed by atoms with van der Waals surface area (Å²) in [4.78, 5) is 0. The summed E-state index contributed by atoms with van der Waals surface area (Å²) in [6.45, 7) is 1.03. The number of piperidine rings is 1. The van der Waals surface area contributed by atoms with Crippen LogP contribution in [0, 0.1) is 0 Å². The van der Waals surface area contributed by atoms with Gasteiger partial charge in [-0.25, -0.2) is 5.01 Å². The van der Waals surface area contributed by atoms with E-state index in [1.807, 2.05) is 17.1 Å². The van der Waals surface area contributed by atoms with Gasteiger partial charge in [-0.05, 0) is 37.0 Å². The van der Waals surface area contributed by atoms with Crippen molar-refractivity contribution >= 4 is 11.6 Å². The highest BCUT2D eigenvalue weighted by molar-refractivity contribution is 6.30. The first-order valence-electron chi connectivity index (χ1n) is 5.51. The Labute approximate surface area is 96.0 Å². The molecular weight excluding hydrogens is 208 g/mol. The van der Waals surface area contributed by atoms with Crippen LogP contribution in [0.2, 0.25) is 5.02 Å².